The van der Waals surface area contributed by atoms with E-state index in [1.165, 1.54) is 6.33 Å². The fourth-order valence-corrected chi connectivity index (χ4v) is 2.40. The molecule has 0 aliphatic carbocycles. The van der Waals surface area contributed by atoms with Crippen molar-refractivity contribution in [3.63, 3.8) is 0 Å². The maximum atomic E-state index is 14.3. The Labute approximate surface area is 122 Å². The molecule has 0 N–H and O–H groups in total. The molecule has 0 atom stereocenters. The lowest BCUT2D eigenvalue weighted by Crippen LogP contribution is -2.59. The van der Waals surface area contributed by atoms with Crippen LogP contribution in [0.4, 0.5) is 16.0 Å². The Hall–Kier alpha value is -2.31. The summed E-state index contributed by atoms with van der Waals surface area (Å²) >= 11 is 0. The fourth-order valence-electron chi connectivity index (χ4n) is 2.40. The van der Waals surface area contributed by atoms with E-state index in [4.69, 9.17) is 0 Å². The van der Waals surface area contributed by atoms with Crippen molar-refractivity contribution in [3.05, 3.63) is 36.4 Å². The normalized spacial score (nSPS) is 14.9. The Bertz CT molecular complexity index is 614. The first-order valence-electron chi connectivity index (χ1n) is 6.94. The van der Waals surface area contributed by atoms with E-state index in [0.29, 0.717) is 17.9 Å². The number of anilines is 2. The van der Waals surface area contributed by atoms with Crippen LogP contribution in [0.2, 0.25) is 0 Å². The summed E-state index contributed by atoms with van der Waals surface area (Å²) in [5.74, 6) is 0.894. The lowest BCUT2D eigenvalue weighted by Gasteiger charge is -2.44. The number of halogens is 1. The largest absolute Gasteiger partial charge is 0.351 e. The van der Waals surface area contributed by atoms with Gasteiger partial charge in [-0.1, -0.05) is 6.92 Å². The van der Waals surface area contributed by atoms with Crippen LogP contribution in [-0.4, -0.2) is 46.1 Å². The molecular weight excluding hydrogens is 271 g/mol. The summed E-state index contributed by atoms with van der Waals surface area (Å²) in [6.45, 7) is 3.44. The predicted molar refractivity (Wildman–Crippen MR) is 77.8 cm³/mol. The summed E-state index contributed by atoms with van der Waals surface area (Å²) in [6, 6.07) is 0.209. The number of rotatable bonds is 4. The monoisotopic (exact) mass is 288 g/mol. The fraction of sp³-hybridized carbons (Fsp3) is 0.429. The molecule has 1 fully saturated rings. The van der Waals surface area contributed by atoms with Gasteiger partial charge in [0.1, 0.15) is 12.1 Å². The highest BCUT2D eigenvalue weighted by Crippen LogP contribution is 2.25. The minimum atomic E-state index is -0.319. The molecular formula is C14H17FN6. The molecule has 6 nitrogen and oxygen atoms in total. The first kappa shape index (κ1) is 13.7. The highest BCUT2D eigenvalue weighted by Gasteiger charge is 2.33. The molecule has 2 aromatic heterocycles. The van der Waals surface area contributed by atoms with Crippen LogP contribution in [0.5, 0.6) is 0 Å². The first-order valence-corrected chi connectivity index (χ1v) is 6.94. The van der Waals surface area contributed by atoms with Crippen molar-refractivity contribution >= 4 is 11.6 Å². The van der Waals surface area contributed by atoms with E-state index < -0.39 is 0 Å². The molecule has 1 saturated heterocycles. The van der Waals surface area contributed by atoms with Crippen molar-refractivity contribution in [2.45, 2.75) is 19.4 Å². The van der Waals surface area contributed by atoms with Gasteiger partial charge >= 0.3 is 0 Å². The number of likely N-dealkylation sites (N-methyl/N-ethyl adjacent to an activating group) is 1. The number of aromatic nitrogens is 4. The second-order valence-corrected chi connectivity index (χ2v) is 5.04. The van der Waals surface area contributed by atoms with E-state index in [9.17, 15) is 4.39 Å². The number of hydrogen-bond acceptors (Lipinski definition) is 6. The third kappa shape index (κ3) is 2.51. The van der Waals surface area contributed by atoms with Crippen molar-refractivity contribution in [1.82, 2.24) is 19.9 Å². The Morgan fingerprint density at radius 1 is 1.29 bits per heavy atom. The molecule has 0 spiro atoms. The second-order valence-electron chi connectivity index (χ2n) is 5.04. The zero-order valence-electron chi connectivity index (χ0n) is 12.1. The molecule has 0 radical (unpaired) electrons. The van der Waals surface area contributed by atoms with Gasteiger partial charge in [-0.2, -0.15) is 0 Å². The van der Waals surface area contributed by atoms with E-state index in [1.54, 1.807) is 18.6 Å². The molecule has 1 aliphatic heterocycles. The van der Waals surface area contributed by atoms with Crippen LogP contribution in [0.15, 0.2) is 24.9 Å². The highest BCUT2D eigenvalue weighted by molar-refractivity contribution is 5.48. The standard InChI is InChI=1S/C14H17FN6/c1-3-11-13(15)14(19-9-18-11)20(2)10-7-21(8-10)12-6-16-4-5-17-12/h4-6,9-10H,3,7-8H2,1-2H3. The first-order chi connectivity index (χ1) is 10.2. The topological polar surface area (TPSA) is 58.0 Å². The van der Waals surface area contributed by atoms with Crippen molar-refractivity contribution < 1.29 is 4.39 Å². The van der Waals surface area contributed by atoms with Crippen molar-refractivity contribution in [1.29, 1.82) is 0 Å². The van der Waals surface area contributed by atoms with E-state index in [-0.39, 0.29) is 11.9 Å². The van der Waals surface area contributed by atoms with Crippen LogP contribution in [0, 0.1) is 5.82 Å². The average Bonchev–Trinajstić information content (AvgIpc) is 2.47. The third-order valence-corrected chi connectivity index (χ3v) is 3.80. The van der Waals surface area contributed by atoms with Crippen LogP contribution in [-0.2, 0) is 6.42 Å². The van der Waals surface area contributed by atoms with Gasteiger partial charge in [-0.05, 0) is 6.42 Å². The summed E-state index contributed by atoms with van der Waals surface area (Å²) < 4.78 is 14.3. The number of hydrogen-bond donors (Lipinski definition) is 0. The van der Waals surface area contributed by atoms with Gasteiger partial charge in [0, 0.05) is 32.5 Å². The van der Waals surface area contributed by atoms with Crippen LogP contribution in [0.25, 0.3) is 0 Å². The maximum Gasteiger partial charge on any atom is 0.187 e. The zero-order valence-corrected chi connectivity index (χ0v) is 12.1. The second kappa shape index (κ2) is 5.59. The molecule has 0 saturated carbocycles. The Kier molecular flexibility index (Phi) is 3.64. The molecule has 0 aromatic carbocycles. The van der Waals surface area contributed by atoms with Gasteiger partial charge < -0.3 is 9.80 Å². The number of nitrogens with zero attached hydrogens (tertiary/aromatic N) is 6. The molecule has 3 heterocycles. The minimum absolute atomic E-state index is 0.209. The van der Waals surface area contributed by atoms with Crippen molar-refractivity contribution in [3.8, 4) is 0 Å². The van der Waals surface area contributed by atoms with E-state index in [0.717, 1.165) is 18.9 Å². The van der Waals surface area contributed by atoms with Gasteiger partial charge in [0.05, 0.1) is 17.9 Å². The molecule has 0 bridgehead atoms. The molecule has 3 rings (SSSR count). The molecule has 7 heteroatoms. The van der Waals surface area contributed by atoms with Gasteiger partial charge in [0.15, 0.2) is 11.6 Å². The highest BCUT2D eigenvalue weighted by atomic mass is 19.1. The van der Waals surface area contributed by atoms with Crippen molar-refractivity contribution in [2.24, 2.45) is 0 Å². The van der Waals surface area contributed by atoms with E-state index in [1.807, 2.05) is 18.9 Å². The van der Waals surface area contributed by atoms with Crippen LogP contribution < -0.4 is 9.80 Å². The summed E-state index contributed by atoms with van der Waals surface area (Å²) in [6.07, 6.45) is 7.04. The summed E-state index contributed by atoms with van der Waals surface area (Å²) in [5, 5.41) is 0. The van der Waals surface area contributed by atoms with E-state index >= 15 is 0 Å². The third-order valence-electron chi connectivity index (χ3n) is 3.80. The summed E-state index contributed by atoms with van der Waals surface area (Å²) in [7, 11) is 1.86. The SMILES string of the molecule is CCc1ncnc(N(C)C2CN(c3cnccn3)C2)c1F. The molecule has 0 amide bonds. The lowest BCUT2D eigenvalue weighted by atomic mass is 10.1. The Balaban J connectivity index is 1.70. The van der Waals surface area contributed by atoms with Gasteiger partial charge in [-0.25, -0.2) is 19.3 Å². The average molecular weight is 288 g/mol. The van der Waals surface area contributed by atoms with Crippen molar-refractivity contribution in [2.75, 3.05) is 29.9 Å². The Morgan fingerprint density at radius 2 is 2.10 bits per heavy atom. The maximum absolute atomic E-state index is 14.3. The quantitative estimate of drug-likeness (QED) is 0.845. The molecule has 21 heavy (non-hydrogen) atoms. The van der Waals surface area contributed by atoms with Gasteiger partial charge in [-0.3, -0.25) is 4.98 Å². The number of aryl methyl sites for hydroxylation is 1. The van der Waals surface area contributed by atoms with E-state index in [2.05, 4.69) is 24.8 Å². The van der Waals surface area contributed by atoms with Gasteiger partial charge in [0.2, 0.25) is 0 Å². The smallest absolute Gasteiger partial charge is 0.187 e. The van der Waals surface area contributed by atoms with Crippen LogP contribution in [0.3, 0.4) is 0 Å². The molecule has 2 aromatic rings. The molecule has 0 unspecified atom stereocenters. The Morgan fingerprint density at radius 3 is 2.76 bits per heavy atom. The summed E-state index contributed by atoms with van der Waals surface area (Å²) in [4.78, 5) is 20.3. The summed E-state index contributed by atoms with van der Waals surface area (Å²) in [5.41, 5.74) is 0.456. The van der Waals surface area contributed by atoms with Gasteiger partial charge in [0.25, 0.3) is 0 Å². The van der Waals surface area contributed by atoms with Crippen LogP contribution in [0.1, 0.15) is 12.6 Å². The molecule has 1 aliphatic rings. The van der Waals surface area contributed by atoms with Crippen LogP contribution >= 0.6 is 0 Å². The van der Waals surface area contributed by atoms with Gasteiger partial charge in [-0.15, -0.1) is 0 Å². The zero-order chi connectivity index (χ0) is 14.8. The molecule has 110 valence electrons. The minimum Gasteiger partial charge on any atom is -0.351 e. The predicted octanol–water partition coefficient (Wildman–Crippen LogP) is 1.29. The lowest BCUT2D eigenvalue weighted by molar-refractivity contribution is 0.478.